The number of anilines is 1. The minimum atomic E-state index is -0.581. The number of amides is 1. The van der Waals surface area contributed by atoms with Crippen LogP contribution in [0.25, 0.3) is 6.08 Å². The van der Waals surface area contributed by atoms with Crippen LogP contribution >= 0.6 is 11.3 Å². The van der Waals surface area contributed by atoms with E-state index in [4.69, 9.17) is 4.42 Å². The van der Waals surface area contributed by atoms with Crippen molar-refractivity contribution in [3.05, 3.63) is 121 Å². The molecule has 1 aliphatic heterocycles. The van der Waals surface area contributed by atoms with Gasteiger partial charge < -0.3 is 9.73 Å². The fourth-order valence-corrected chi connectivity index (χ4v) is 4.84. The fraction of sp³-hybridized carbons (Fsp3) is 0.0800. The van der Waals surface area contributed by atoms with Crippen molar-refractivity contribution in [2.75, 3.05) is 5.32 Å². The second kappa shape index (κ2) is 8.28. The van der Waals surface area contributed by atoms with Crippen molar-refractivity contribution < 1.29 is 9.21 Å². The molecule has 6 nitrogen and oxygen atoms in total. The molecule has 0 saturated carbocycles. The van der Waals surface area contributed by atoms with Crippen LogP contribution in [0.1, 0.15) is 24.1 Å². The van der Waals surface area contributed by atoms with Crippen molar-refractivity contribution >= 4 is 29.0 Å². The van der Waals surface area contributed by atoms with Crippen LogP contribution in [-0.2, 0) is 4.79 Å². The number of para-hydroxylation sites is 1. The summed E-state index contributed by atoms with van der Waals surface area (Å²) in [6.07, 6.45) is 4.92. The van der Waals surface area contributed by atoms with Gasteiger partial charge in [0.1, 0.15) is 0 Å². The number of aromatic nitrogens is 1. The molecule has 1 N–H and O–H groups in total. The van der Waals surface area contributed by atoms with Gasteiger partial charge in [0, 0.05) is 11.3 Å². The Morgan fingerprint density at radius 2 is 1.81 bits per heavy atom. The average Bonchev–Trinajstić information content (AvgIpc) is 3.42. The molecule has 1 amide bonds. The van der Waals surface area contributed by atoms with Crippen molar-refractivity contribution in [2.45, 2.75) is 13.0 Å². The summed E-state index contributed by atoms with van der Waals surface area (Å²) in [5.74, 6) is -0.282. The summed E-state index contributed by atoms with van der Waals surface area (Å²) in [5.41, 5.74) is 3.16. The monoisotopic (exact) mass is 441 g/mol. The number of allylic oxidation sites excluding steroid dienone is 1. The molecule has 0 bridgehead atoms. The van der Waals surface area contributed by atoms with Crippen molar-refractivity contribution in [2.24, 2.45) is 4.99 Å². The van der Waals surface area contributed by atoms with E-state index in [2.05, 4.69) is 10.3 Å². The third kappa shape index (κ3) is 3.63. The van der Waals surface area contributed by atoms with Crippen LogP contribution in [0.15, 0.2) is 105 Å². The molecule has 2 aromatic carbocycles. The normalized spacial score (nSPS) is 15.9. The van der Waals surface area contributed by atoms with Gasteiger partial charge in [0.25, 0.3) is 11.5 Å². The van der Waals surface area contributed by atoms with E-state index in [-0.39, 0.29) is 11.5 Å². The lowest BCUT2D eigenvalue weighted by Crippen LogP contribution is -2.40. The molecule has 4 aromatic rings. The molecule has 0 spiro atoms. The van der Waals surface area contributed by atoms with E-state index in [1.54, 1.807) is 29.2 Å². The summed E-state index contributed by atoms with van der Waals surface area (Å²) in [5, 5.41) is 2.95. The van der Waals surface area contributed by atoms with Crippen LogP contribution in [-0.4, -0.2) is 10.5 Å². The first-order valence-electron chi connectivity index (χ1n) is 10.1. The van der Waals surface area contributed by atoms with Gasteiger partial charge in [-0.2, -0.15) is 0 Å². The largest absolute Gasteiger partial charge is 0.472 e. The summed E-state index contributed by atoms with van der Waals surface area (Å²) >= 11 is 1.30. The van der Waals surface area contributed by atoms with Gasteiger partial charge in [-0.3, -0.25) is 14.2 Å². The molecule has 158 valence electrons. The van der Waals surface area contributed by atoms with Crippen LogP contribution in [0.2, 0.25) is 0 Å². The highest BCUT2D eigenvalue weighted by Gasteiger charge is 2.32. The Kier molecular flexibility index (Phi) is 5.17. The van der Waals surface area contributed by atoms with E-state index in [0.717, 1.165) is 11.1 Å². The smallest absolute Gasteiger partial charge is 0.271 e. The maximum atomic E-state index is 13.5. The van der Waals surface area contributed by atoms with Gasteiger partial charge >= 0.3 is 0 Å². The highest BCUT2D eigenvalue weighted by molar-refractivity contribution is 7.07. The zero-order valence-electron chi connectivity index (χ0n) is 17.2. The molecule has 1 atom stereocenters. The molecule has 5 rings (SSSR count). The summed E-state index contributed by atoms with van der Waals surface area (Å²) in [6, 6.07) is 20.0. The molecule has 0 radical (unpaired) electrons. The molecular formula is C25H19N3O3S. The quantitative estimate of drug-likeness (QED) is 0.527. The SMILES string of the molecule is CC1=C(C(=O)Nc2ccccc2)[C@H](c2ccccc2)n2c(s/c(=C/c3ccoc3)c2=O)=N1. The molecule has 1 aliphatic rings. The second-order valence-corrected chi connectivity index (χ2v) is 8.38. The number of carbonyl (C=O) groups excluding carboxylic acids is 1. The number of fused-ring (bicyclic) bond motifs is 1. The number of rotatable bonds is 4. The minimum Gasteiger partial charge on any atom is -0.472 e. The number of nitrogens with zero attached hydrogens (tertiary/aromatic N) is 2. The number of benzene rings is 2. The molecule has 3 heterocycles. The second-order valence-electron chi connectivity index (χ2n) is 7.37. The van der Waals surface area contributed by atoms with E-state index in [9.17, 15) is 9.59 Å². The Morgan fingerprint density at radius 3 is 2.50 bits per heavy atom. The van der Waals surface area contributed by atoms with E-state index in [0.29, 0.717) is 26.3 Å². The van der Waals surface area contributed by atoms with Crippen LogP contribution < -0.4 is 20.2 Å². The van der Waals surface area contributed by atoms with Gasteiger partial charge in [-0.1, -0.05) is 59.9 Å². The lowest BCUT2D eigenvalue weighted by Gasteiger charge is -2.25. The van der Waals surface area contributed by atoms with Gasteiger partial charge in [0.2, 0.25) is 0 Å². The molecule has 0 saturated heterocycles. The Morgan fingerprint density at radius 1 is 1.09 bits per heavy atom. The average molecular weight is 442 g/mol. The van der Waals surface area contributed by atoms with Crippen LogP contribution in [0.4, 0.5) is 5.69 Å². The third-order valence-electron chi connectivity index (χ3n) is 5.25. The number of hydrogen-bond donors (Lipinski definition) is 1. The van der Waals surface area contributed by atoms with Crippen LogP contribution in [0, 0.1) is 0 Å². The number of carbonyl (C=O) groups is 1. The van der Waals surface area contributed by atoms with Gasteiger partial charge in [-0.05, 0) is 36.8 Å². The van der Waals surface area contributed by atoms with Crippen LogP contribution in [0.5, 0.6) is 0 Å². The highest BCUT2D eigenvalue weighted by atomic mass is 32.1. The van der Waals surface area contributed by atoms with E-state index >= 15 is 0 Å². The minimum absolute atomic E-state index is 0.193. The molecule has 2 aromatic heterocycles. The maximum absolute atomic E-state index is 13.5. The van der Waals surface area contributed by atoms with E-state index < -0.39 is 6.04 Å². The third-order valence-corrected chi connectivity index (χ3v) is 6.24. The van der Waals surface area contributed by atoms with Crippen molar-refractivity contribution in [3.63, 3.8) is 0 Å². The summed E-state index contributed by atoms with van der Waals surface area (Å²) in [7, 11) is 0. The molecular weight excluding hydrogens is 422 g/mol. The fourth-order valence-electron chi connectivity index (χ4n) is 3.79. The Bertz CT molecular complexity index is 1480. The summed E-state index contributed by atoms with van der Waals surface area (Å²) in [6.45, 7) is 1.81. The van der Waals surface area contributed by atoms with Crippen molar-refractivity contribution in [3.8, 4) is 0 Å². The van der Waals surface area contributed by atoms with E-state index in [1.165, 1.54) is 11.3 Å². The standard InChI is InChI=1S/C25H19N3O3S/c1-16-21(23(29)27-19-10-6-3-7-11-19)22(18-8-4-2-5-9-18)28-24(30)20(32-25(28)26-16)14-17-12-13-31-15-17/h2-15,22H,1H3,(H,27,29)/b20-14+/t22-/m0/s1. The number of hydrogen-bond acceptors (Lipinski definition) is 5. The summed E-state index contributed by atoms with van der Waals surface area (Å²) < 4.78 is 7.26. The van der Waals surface area contributed by atoms with E-state index in [1.807, 2.05) is 67.6 Å². The lowest BCUT2D eigenvalue weighted by atomic mass is 9.95. The number of furan rings is 1. The maximum Gasteiger partial charge on any atom is 0.271 e. The summed E-state index contributed by atoms with van der Waals surface area (Å²) in [4.78, 5) is 32.0. The van der Waals surface area contributed by atoms with Crippen molar-refractivity contribution in [1.29, 1.82) is 0 Å². The molecule has 0 unspecified atom stereocenters. The predicted octanol–water partition coefficient (Wildman–Crippen LogP) is 3.47. The zero-order chi connectivity index (χ0) is 22.1. The van der Waals surface area contributed by atoms with Crippen LogP contribution in [0.3, 0.4) is 0 Å². The van der Waals surface area contributed by atoms with Gasteiger partial charge in [0.05, 0.1) is 34.4 Å². The Hall–Kier alpha value is -3.97. The first-order valence-corrected chi connectivity index (χ1v) is 10.9. The molecule has 0 aliphatic carbocycles. The zero-order valence-corrected chi connectivity index (χ0v) is 18.0. The topological polar surface area (TPSA) is 76.6 Å². The molecule has 32 heavy (non-hydrogen) atoms. The highest BCUT2D eigenvalue weighted by Crippen LogP contribution is 2.30. The van der Waals surface area contributed by atoms with Gasteiger partial charge in [0.15, 0.2) is 4.80 Å². The predicted molar refractivity (Wildman–Crippen MR) is 124 cm³/mol. The van der Waals surface area contributed by atoms with Gasteiger partial charge in [-0.15, -0.1) is 0 Å². The molecule has 7 heteroatoms. The van der Waals surface area contributed by atoms with Gasteiger partial charge in [-0.25, -0.2) is 4.99 Å². The molecule has 0 fully saturated rings. The first-order chi connectivity index (χ1) is 15.6. The Balaban J connectivity index is 1.68. The number of thiazole rings is 1. The number of nitrogens with one attached hydrogen (secondary N) is 1. The van der Waals surface area contributed by atoms with Crippen molar-refractivity contribution in [1.82, 2.24) is 4.57 Å². The lowest BCUT2D eigenvalue weighted by molar-refractivity contribution is -0.113. The Labute approximate surface area is 187 Å². The first kappa shape index (κ1) is 20.0.